The normalized spacial score (nSPS) is 31.9. The van der Waals surface area contributed by atoms with Crippen molar-refractivity contribution in [2.75, 3.05) is 6.54 Å². The van der Waals surface area contributed by atoms with Crippen LogP contribution in [0.1, 0.15) is 55.8 Å². The minimum atomic E-state index is -3.50. The molecule has 0 radical (unpaired) electrons. The van der Waals surface area contributed by atoms with Gasteiger partial charge in [-0.05, 0) is 63.3 Å². The third-order valence-corrected chi connectivity index (χ3v) is 7.92. The van der Waals surface area contributed by atoms with Gasteiger partial charge in [0.15, 0.2) is 0 Å². The van der Waals surface area contributed by atoms with Crippen molar-refractivity contribution in [3.05, 3.63) is 29.8 Å². The van der Waals surface area contributed by atoms with E-state index in [1.807, 2.05) is 6.92 Å². The number of nitrogens with zero attached hydrogens (tertiary/aromatic N) is 1. The third kappa shape index (κ3) is 3.28. The quantitative estimate of drug-likeness (QED) is 0.872. The van der Waals surface area contributed by atoms with Gasteiger partial charge in [-0.3, -0.25) is 4.79 Å². The maximum atomic E-state index is 12.9. The average molecular weight is 378 g/mol. The van der Waals surface area contributed by atoms with Gasteiger partial charge in [-0.2, -0.15) is 4.31 Å². The van der Waals surface area contributed by atoms with Gasteiger partial charge in [-0.1, -0.05) is 6.42 Å². The van der Waals surface area contributed by atoms with Gasteiger partial charge in [-0.25, -0.2) is 8.42 Å². The Morgan fingerprint density at radius 1 is 1.15 bits per heavy atom. The topological polar surface area (TPSA) is 75.7 Å². The second kappa shape index (κ2) is 6.94. The van der Waals surface area contributed by atoms with Crippen LogP contribution in [0, 0.1) is 0 Å². The molecule has 3 saturated heterocycles. The summed E-state index contributed by atoms with van der Waals surface area (Å²) in [5.74, 6) is -0.165. The number of sulfonamides is 1. The Balaban J connectivity index is 1.45. The van der Waals surface area contributed by atoms with Gasteiger partial charge < -0.3 is 10.1 Å². The summed E-state index contributed by atoms with van der Waals surface area (Å²) in [6.07, 6.45) is 6.23. The zero-order chi connectivity index (χ0) is 18.3. The van der Waals surface area contributed by atoms with Crippen molar-refractivity contribution in [1.82, 2.24) is 9.62 Å². The third-order valence-electron chi connectivity index (χ3n) is 5.89. The number of amides is 1. The molecule has 1 aromatic carbocycles. The number of carbonyl (C=O) groups excluding carboxylic acids is 1. The monoisotopic (exact) mass is 378 g/mol. The van der Waals surface area contributed by atoms with Gasteiger partial charge in [0, 0.05) is 18.2 Å². The van der Waals surface area contributed by atoms with Crippen LogP contribution < -0.4 is 5.32 Å². The van der Waals surface area contributed by atoms with Crippen molar-refractivity contribution >= 4 is 15.9 Å². The van der Waals surface area contributed by atoms with E-state index < -0.39 is 10.0 Å². The lowest BCUT2D eigenvalue weighted by molar-refractivity contribution is 0.0841. The first-order chi connectivity index (χ1) is 12.4. The molecule has 26 heavy (non-hydrogen) atoms. The molecule has 6 nitrogen and oxygen atoms in total. The van der Waals surface area contributed by atoms with Gasteiger partial charge in [0.2, 0.25) is 10.0 Å². The largest absolute Gasteiger partial charge is 0.373 e. The van der Waals surface area contributed by atoms with Crippen molar-refractivity contribution in [3.63, 3.8) is 0 Å². The van der Waals surface area contributed by atoms with Crippen LogP contribution in [-0.2, 0) is 14.8 Å². The van der Waals surface area contributed by atoms with Crippen LogP contribution in [0.2, 0.25) is 0 Å². The predicted molar refractivity (Wildman–Crippen MR) is 97.4 cm³/mol. The fourth-order valence-corrected chi connectivity index (χ4v) is 6.08. The minimum absolute atomic E-state index is 0.0227. The van der Waals surface area contributed by atoms with E-state index in [1.165, 1.54) is 0 Å². The molecule has 2 bridgehead atoms. The Bertz CT molecular complexity index is 777. The molecule has 3 aliphatic rings. The summed E-state index contributed by atoms with van der Waals surface area (Å²) >= 11 is 0. The van der Waals surface area contributed by atoms with Gasteiger partial charge in [-0.15, -0.1) is 0 Å². The summed E-state index contributed by atoms with van der Waals surface area (Å²) in [7, 11) is -3.50. The molecule has 4 atom stereocenters. The number of rotatable bonds is 4. The summed E-state index contributed by atoms with van der Waals surface area (Å²) in [5, 5.41) is 3.03. The van der Waals surface area contributed by atoms with Crippen LogP contribution >= 0.6 is 0 Å². The molecule has 4 rings (SSSR count). The van der Waals surface area contributed by atoms with Crippen LogP contribution in [0.5, 0.6) is 0 Å². The highest BCUT2D eigenvalue weighted by atomic mass is 32.2. The Kier molecular flexibility index (Phi) is 4.79. The summed E-state index contributed by atoms with van der Waals surface area (Å²) in [4.78, 5) is 12.7. The van der Waals surface area contributed by atoms with Gasteiger partial charge >= 0.3 is 0 Å². The lowest BCUT2D eigenvalue weighted by atomic mass is 9.95. The molecular formula is C19H26N2O4S. The SMILES string of the molecule is CC1CCCCN1S(=O)(=O)c1ccc(C(=O)N[C@@H]2C[C@@H]3CC[C@H]2O3)cc1. The molecule has 3 aliphatic heterocycles. The van der Waals surface area contributed by atoms with E-state index in [1.54, 1.807) is 28.6 Å². The first kappa shape index (κ1) is 17.9. The van der Waals surface area contributed by atoms with Crippen molar-refractivity contribution in [1.29, 1.82) is 0 Å². The first-order valence-corrected chi connectivity index (χ1v) is 11.0. The molecule has 142 valence electrons. The number of hydrogen-bond acceptors (Lipinski definition) is 4. The van der Waals surface area contributed by atoms with Crippen LogP contribution in [-0.4, -0.2) is 49.5 Å². The van der Waals surface area contributed by atoms with Crippen LogP contribution in [0.25, 0.3) is 0 Å². The zero-order valence-corrected chi connectivity index (χ0v) is 15.9. The summed E-state index contributed by atoms with van der Waals surface area (Å²) in [6, 6.07) is 6.38. The molecule has 1 amide bonds. The fraction of sp³-hybridized carbons (Fsp3) is 0.632. The van der Waals surface area contributed by atoms with Crippen molar-refractivity contribution < 1.29 is 17.9 Å². The lowest BCUT2D eigenvalue weighted by Gasteiger charge is -2.32. The molecule has 1 N–H and O–H groups in total. The smallest absolute Gasteiger partial charge is 0.251 e. The van der Waals surface area contributed by atoms with Crippen molar-refractivity contribution in [3.8, 4) is 0 Å². The van der Waals surface area contributed by atoms with Crippen LogP contribution in [0.3, 0.4) is 0 Å². The van der Waals surface area contributed by atoms with E-state index in [9.17, 15) is 13.2 Å². The molecule has 3 heterocycles. The summed E-state index contributed by atoms with van der Waals surface area (Å²) < 4.78 is 33.1. The van der Waals surface area contributed by atoms with Gasteiger partial charge in [0.1, 0.15) is 0 Å². The van der Waals surface area contributed by atoms with Crippen molar-refractivity contribution in [2.45, 2.75) is 74.6 Å². The van der Waals surface area contributed by atoms with E-state index in [0.29, 0.717) is 12.1 Å². The molecular weight excluding hydrogens is 352 g/mol. The average Bonchev–Trinajstić information content (AvgIpc) is 3.25. The van der Waals surface area contributed by atoms with E-state index in [0.717, 1.165) is 38.5 Å². The number of nitrogens with one attached hydrogen (secondary N) is 1. The molecule has 0 aromatic heterocycles. The summed E-state index contributed by atoms with van der Waals surface area (Å²) in [6.45, 7) is 2.52. The number of piperidine rings is 1. The fourth-order valence-electron chi connectivity index (χ4n) is 4.38. The standard InChI is InChI=1S/C19H26N2O4S/c1-13-4-2-3-11-21(13)26(23,24)16-8-5-14(6-9-16)19(22)20-17-12-15-7-10-18(17)25-15/h5-6,8-9,13,15,17-18H,2-4,7,10-12H2,1H3,(H,20,22)/t13?,15-,17+,18+/m0/s1. The number of carbonyl (C=O) groups is 1. The molecule has 0 aliphatic carbocycles. The predicted octanol–water partition coefficient (Wildman–Crippen LogP) is 2.30. The zero-order valence-electron chi connectivity index (χ0n) is 15.1. The molecule has 3 fully saturated rings. The Hall–Kier alpha value is -1.44. The second-order valence-corrected chi connectivity index (χ2v) is 9.57. The number of ether oxygens (including phenoxy) is 1. The minimum Gasteiger partial charge on any atom is -0.373 e. The second-order valence-electron chi connectivity index (χ2n) is 7.67. The summed E-state index contributed by atoms with van der Waals surface area (Å²) in [5.41, 5.74) is 0.485. The number of fused-ring (bicyclic) bond motifs is 2. The van der Waals surface area contributed by atoms with Gasteiger partial charge in [0.05, 0.1) is 23.1 Å². The number of benzene rings is 1. The van der Waals surface area contributed by atoms with E-state index in [-0.39, 0.29) is 35.1 Å². The van der Waals surface area contributed by atoms with Crippen LogP contribution in [0.15, 0.2) is 29.2 Å². The highest BCUT2D eigenvalue weighted by Crippen LogP contribution is 2.34. The Morgan fingerprint density at radius 2 is 1.92 bits per heavy atom. The van der Waals surface area contributed by atoms with Crippen LogP contribution in [0.4, 0.5) is 0 Å². The maximum Gasteiger partial charge on any atom is 0.251 e. The lowest BCUT2D eigenvalue weighted by Crippen LogP contribution is -2.42. The van der Waals surface area contributed by atoms with E-state index in [4.69, 9.17) is 4.74 Å². The van der Waals surface area contributed by atoms with Crippen molar-refractivity contribution in [2.24, 2.45) is 0 Å². The molecule has 1 aromatic rings. The highest BCUT2D eigenvalue weighted by Gasteiger charge is 2.41. The molecule has 0 saturated carbocycles. The first-order valence-electron chi connectivity index (χ1n) is 9.53. The highest BCUT2D eigenvalue weighted by molar-refractivity contribution is 7.89. The molecule has 0 spiro atoms. The molecule has 7 heteroatoms. The molecule has 1 unspecified atom stereocenters. The number of hydrogen-bond donors (Lipinski definition) is 1. The Labute approximate surface area is 155 Å². The Morgan fingerprint density at radius 3 is 2.54 bits per heavy atom. The maximum absolute atomic E-state index is 12.9. The van der Waals surface area contributed by atoms with E-state index >= 15 is 0 Å². The van der Waals surface area contributed by atoms with Gasteiger partial charge in [0.25, 0.3) is 5.91 Å². The van der Waals surface area contributed by atoms with E-state index in [2.05, 4.69) is 5.32 Å².